The third-order valence-electron chi connectivity index (χ3n) is 2.79. The van der Waals surface area contributed by atoms with Gasteiger partial charge in [0.15, 0.2) is 0 Å². The molecular formula is C12H16N4O. The molecule has 0 aromatic carbocycles. The van der Waals surface area contributed by atoms with Crippen LogP contribution in [-0.2, 0) is 6.54 Å². The fourth-order valence-corrected chi connectivity index (χ4v) is 1.65. The van der Waals surface area contributed by atoms with E-state index in [0.717, 1.165) is 29.3 Å². The van der Waals surface area contributed by atoms with Gasteiger partial charge in [0, 0.05) is 36.7 Å². The molecule has 90 valence electrons. The van der Waals surface area contributed by atoms with Crippen molar-refractivity contribution in [3.8, 4) is 0 Å². The molecule has 1 unspecified atom stereocenters. The zero-order valence-corrected chi connectivity index (χ0v) is 10.3. The molecule has 5 heteroatoms. The molecule has 2 heterocycles. The topological polar surface area (TPSA) is 63.8 Å². The molecule has 1 N–H and O–H groups in total. The normalized spacial score (nSPS) is 12.6. The Hall–Kier alpha value is -1.75. The number of hydrogen-bond acceptors (Lipinski definition) is 5. The van der Waals surface area contributed by atoms with Crippen molar-refractivity contribution in [3.05, 3.63) is 41.3 Å². The van der Waals surface area contributed by atoms with Crippen LogP contribution >= 0.6 is 0 Å². The van der Waals surface area contributed by atoms with Crippen LogP contribution in [0.2, 0.25) is 0 Å². The van der Waals surface area contributed by atoms with Crippen LogP contribution in [-0.4, -0.2) is 15.1 Å². The molecule has 17 heavy (non-hydrogen) atoms. The molecule has 2 rings (SSSR count). The lowest BCUT2D eigenvalue weighted by molar-refractivity contribution is 0.391. The average molecular weight is 232 g/mol. The number of aromatic nitrogens is 3. The quantitative estimate of drug-likeness (QED) is 0.872. The van der Waals surface area contributed by atoms with Crippen LogP contribution in [0, 0.1) is 13.8 Å². The van der Waals surface area contributed by atoms with E-state index in [1.165, 1.54) is 0 Å². The average Bonchev–Trinajstić information content (AvgIpc) is 2.67. The molecule has 2 aromatic heterocycles. The molecule has 1 atom stereocenters. The Bertz CT molecular complexity index is 461. The van der Waals surface area contributed by atoms with Gasteiger partial charge in [0.2, 0.25) is 0 Å². The smallest absolute Gasteiger partial charge is 0.138 e. The van der Waals surface area contributed by atoms with E-state index in [2.05, 4.69) is 27.4 Å². The maximum atomic E-state index is 5.12. The highest BCUT2D eigenvalue weighted by molar-refractivity contribution is 5.20. The van der Waals surface area contributed by atoms with Crippen LogP contribution < -0.4 is 5.32 Å². The Labute approximate surface area is 100 Å². The van der Waals surface area contributed by atoms with Crippen LogP contribution in [0.5, 0.6) is 0 Å². The monoisotopic (exact) mass is 232 g/mol. The summed E-state index contributed by atoms with van der Waals surface area (Å²) in [5, 5.41) is 7.30. The van der Waals surface area contributed by atoms with E-state index >= 15 is 0 Å². The summed E-state index contributed by atoms with van der Waals surface area (Å²) in [6.45, 7) is 6.64. The number of nitrogens with zero attached hydrogens (tertiary/aromatic N) is 3. The van der Waals surface area contributed by atoms with Crippen molar-refractivity contribution >= 4 is 0 Å². The van der Waals surface area contributed by atoms with E-state index in [9.17, 15) is 0 Å². The van der Waals surface area contributed by atoms with Crippen LogP contribution in [0.4, 0.5) is 0 Å². The lowest BCUT2D eigenvalue weighted by atomic mass is 10.2. The summed E-state index contributed by atoms with van der Waals surface area (Å²) >= 11 is 0. The van der Waals surface area contributed by atoms with Gasteiger partial charge >= 0.3 is 0 Å². The van der Waals surface area contributed by atoms with Gasteiger partial charge in [-0.15, -0.1) is 0 Å². The van der Waals surface area contributed by atoms with Crippen molar-refractivity contribution in [1.82, 2.24) is 20.4 Å². The van der Waals surface area contributed by atoms with E-state index in [-0.39, 0.29) is 6.04 Å². The number of nitrogens with one attached hydrogen (secondary N) is 1. The largest absolute Gasteiger partial charge is 0.361 e. The Morgan fingerprint density at radius 1 is 1.35 bits per heavy atom. The second kappa shape index (κ2) is 5.05. The van der Waals surface area contributed by atoms with Gasteiger partial charge in [-0.05, 0) is 20.8 Å². The zero-order chi connectivity index (χ0) is 12.3. The number of hydrogen-bond donors (Lipinski definition) is 1. The van der Waals surface area contributed by atoms with E-state index in [0.29, 0.717) is 0 Å². The minimum Gasteiger partial charge on any atom is -0.361 e. The molecule has 0 fully saturated rings. The van der Waals surface area contributed by atoms with Gasteiger partial charge in [0.25, 0.3) is 0 Å². The van der Waals surface area contributed by atoms with Crippen LogP contribution in [0.1, 0.15) is 35.7 Å². The van der Waals surface area contributed by atoms with Crippen molar-refractivity contribution in [2.45, 2.75) is 33.4 Å². The summed E-state index contributed by atoms with van der Waals surface area (Å²) < 4.78 is 5.12. The summed E-state index contributed by atoms with van der Waals surface area (Å²) in [4.78, 5) is 8.31. The first-order valence-electron chi connectivity index (χ1n) is 5.59. The second-order valence-corrected chi connectivity index (χ2v) is 4.04. The highest BCUT2D eigenvalue weighted by atomic mass is 16.5. The third kappa shape index (κ3) is 2.68. The van der Waals surface area contributed by atoms with Crippen LogP contribution in [0.15, 0.2) is 23.1 Å². The molecule has 0 bridgehead atoms. The summed E-state index contributed by atoms with van der Waals surface area (Å²) in [7, 11) is 0. The van der Waals surface area contributed by atoms with Crippen LogP contribution in [0.3, 0.4) is 0 Å². The molecule has 0 saturated carbocycles. The summed E-state index contributed by atoms with van der Waals surface area (Å²) in [5.74, 6) is 0.862. The SMILES string of the molecule is Cc1noc(C)c1CNC(C)c1cnccn1. The molecule has 0 amide bonds. The lowest BCUT2D eigenvalue weighted by Crippen LogP contribution is -2.19. The molecule has 0 aliphatic carbocycles. The zero-order valence-electron chi connectivity index (χ0n) is 10.3. The van der Waals surface area contributed by atoms with E-state index < -0.39 is 0 Å². The Kier molecular flexibility index (Phi) is 3.49. The molecule has 0 aliphatic heterocycles. The number of rotatable bonds is 4. The molecule has 0 aliphatic rings. The van der Waals surface area contributed by atoms with Gasteiger partial charge < -0.3 is 9.84 Å². The van der Waals surface area contributed by atoms with Crippen molar-refractivity contribution in [2.75, 3.05) is 0 Å². The highest BCUT2D eigenvalue weighted by Gasteiger charge is 2.11. The molecular weight excluding hydrogens is 216 g/mol. The molecule has 2 aromatic rings. The fourth-order valence-electron chi connectivity index (χ4n) is 1.65. The first kappa shape index (κ1) is 11.7. The molecule has 0 spiro atoms. The Balaban J connectivity index is 1.99. The first-order valence-corrected chi connectivity index (χ1v) is 5.59. The number of aryl methyl sites for hydroxylation is 2. The molecule has 0 saturated heterocycles. The van der Waals surface area contributed by atoms with Gasteiger partial charge in [0.05, 0.1) is 11.4 Å². The highest BCUT2D eigenvalue weighted by Crippen LogP contribution is 2.14. The Morgan fingerprint density at radius 2 is 2.18 bits per heavy atom. The van der Waals surface area contributed by atoms with Crippen molar-refractivity contribution in [1.29, 1.82) is 0 Å². The fraction of sp³-hybridized carbons (Fsp3) is 0.417. The van der Waals surface area contributed by atoms with Gasteiger partial charge in [-0.3, -0.25) is 9.97 Å². The van der Waals surface area contributed by atoms with E-state index in [1.807, 2.05) is 13.8 Å². The third-order valence-corrected chi connectivity index (χ3v) is 2.79. The maximum absolute atomic E-state index is 5.12. The van der Waals surface area contributed by atoms with E-state index in [4.69, 9.17) is 4.52 Å². The predicted octanol–water partition coefficient (Wildman–Crippen LogP) is 1.93. The molecule has 0 radical (unpaired) electrons. The maximum Gasteiger partial charge on any atom is 0.138 e. The lowest BCUT2D eigenvalue weighted by Gasteiger charge is -2.12. The minimum atomic E-state index is 0.150. The minimum absolute atomic E-state index is 0.150. The van der Waals surface area contributed by atoms with Crippen LogP contribution in [0.25, 0.3) is 0 Å². The summed E-state index contributed by atoms with van der Waals surface area (Å²) in [5.41, 5.74) is 2.97. The summed E-state index contributed by atoms with van der Waals surface area (Å²) in [6, 6.07) is 0.150. The molecule has 5 nitrogen and oxygen atoms in total. The van der Waals surface area contributed by atoms with Gasteiger partial charge in [-0.2, -0.15) is 0 Å². The Morgan fingerprint density at radius 3 is 2.76 bits per heavy atom. The predicted molar refractivity (Wildman–Crippen MR) is 63.3 cm³/mol. The van der Waals surface area contributed by atoms with Crippen molar-refractivity contribution < 1.29 is 4.52 Å². The van der Waals surface area contributed by atoms with Crippen molar-refractivity contribution in [2.24, 2.45) is 0 Å². The first-order chi connectivity index (χ1) is 8.18. The second-order valence-electron chi connectivity index (χ2n) is 4.04. The van der Waals surface area contributed by atoms with Gasteiger partial charge in [-0.1, -0.05) is 5.16 Å². The van der Waals surface area contributed by atoms with Gasteiger partial charge in [-0.25, -0.2) is 0 Å². The standard InChI is InChI=1S/C12H16N4O/c1-8-11(10(3)17-16-8)6-15-9(2)12-7-13-4-5-14-12/h4-5,7,9,15H,6H2,1-3H3. The van der Waals surface area contributed by atoms with Gasteiger partial charge in [0.1, 0.15) is 5.76 Å². The summed E-state index contributed by atoms with van der Waals surface area (Å²) in [6.07, 6.45) is 5.14. The van der Waals surface area contributed by atoms with E-state index in [1.54, 1.807) is 18.6 Å². The van der Waals surface area contributed by atoms with Crippen molar-refractivity contribution in [3.63, 3.8) is 0 Å².